The Morgan fingerprint density at radius 2 is 1.72 bits per heavy atom. The molecule has 2 heterocycles. The molecule has 2 aromatic heterocycles. The summed E-state index contributed by atoms with van der Waals surface area (Å²) in [6.45, 7) is 1.60. The Labute approximate surface area is 207 Å². The van der Waals surface area contributed by atoms with E-state index in [1.807, 2.05) is 0 Å². The topological polar surface area (TPSA) is 109 Å². The van der Waals surface area contributed by atoms with Crippen molar-refractivity contribution >= 4 is 28.4 Å². The number of carbonyl (C=O) groups is 2. The third kappa shape index (κ3) is 4.90. The van der Waals surface area contributed by atoms with Crippen LogP contribution in [0.4, 0.5) is 5.69 Å². The molecule has 4 rings (SSSR count). The van der Waals surface area contributed by atoms with Crippen molar-refractivity contribution in [2.45, 2.75) is 13.5 Å². The molecule has 0 aliphatic rings. The average molecular weight is 488 g/mol. The highest BCUT2D eigenvalue weighted by molar-refractivity contribution is 6.10. The van der Waals surface area contributed by atoms with Gasteiger partial charge < -0.3 is 24.1 Å². The van der Waals surface area contributed by atoms with Crippen LogP contribution < -0.4 is 25.0 Å². The van der Waals surface area contributed by atoms with E-state index in [2.05, 4.69) is 10.3 Å². The zero-order chi connectivity index (χ0) is 25.8. The van der Waals surface area contributed by atoms with Gasteiger partial charge in [0, 0.05) is 29.2 Å². The number of ether oxygens (including phenoxy) is 3. The van der Waals surface area contributed by atoms with Gasteiger partial charge in [0.05, 0.1) is 32.3 Å². The number of amides is 1. The van der Waals surface area contributed by atoms with Crippen molar-refractivity contribution in [3.05, 3.63) is 87.8 Å². The van der Waals surface area contributed by atoms with E-state index in [1.54, 1.807) is 61.5 Å². The third-order valence-corrected chi connectivity index (χ3v) is 5.62. The van der Waals surface area contributed by atoms with E-state index in [0.717, 1.165) is 0 Å². The molecule has 2 aromatic carbocycles. The molecule has 0 fully saturated rings. The zero-order valence-corrected chi connectivity index (χ0v) is 20.3. The molecule has 9 nitrogen and oxygen atoms in total. The van der Waals surface area contributed by atoms with Crippen LogP contribution in [-0.4, -0.2) is 42.6 Å². The Morgan fingerprint density at radius 1 is 0.944 bits per heavy atom. The predicted molar refractivity (Wildman–Crippen MR) is 135 cm³/mol. The summed E-state index contributed by atoms with van der Waals surface area (Å²) in [7, 11) is 4.53. The van der Waals surface area contributed by atoms with Crippen LogP contribution >= 0.6 is 0 Å². The number of nitrogens with zero attached hydrogens (tertiary/aromatic N) is 2. The second-order valence-corrected chi connectivity index (χ2v) is 8.00. The van der Waals surface area contributed by atoms with Gasteiger partial charge in [-0.05, 0) is 43.3 Å². The number of fused-ring (bicyclic) bond motifs is 1. The van der Waals surface area contributed by atoms with Gasteiger partial charge in [0.2, 0.25) is 11.3 Å². The number of aryl methyl sites for hydroxylation is 1. The van der Waals surface area contributed by atoms with Gasteiger partial charge in [-0.3, -0.25) is 14.4 Å². The first kappa shape index (κ1) is 24.5. The van der Waals surface area contributed by atoms with E-state index in [0.29, 0.717) is 39.8 Å². The Bertz CT molecular complexity index is 1530. The summed E-state index contributed by atoms with van der Waals surface area (Å²) >= 11 is 0. The lowest BCUT2D eigenvalue weighted by Gasteiger charge is -2.14. The molecule has 184 valence electrons. The van der Waals surface area contributed by atoms with E-state index >= 15 is 0 Å². The van der Waals surface area contributed by atoms with Crippen LogP contribution in [0.2, 0.25) is 0 Å². The van der Waals surface area contributed by atoms with Gasteiger partial charge in [0.1, 0.15) is 17.9 Å². The molecule has 1 N–H and O–H groups in total. The molecule has 0 aliphatic heterocycles. The number of carbonyl (C=O) groups excluding carboxylic acids is 2. The summed E-state index contributed by atoms with van der Waals surface area (Å²) in [6, 6.07) is 14.9. The van der Waals surface area contributed by atoms with Crippen LogP contribution in [0.15, 0.2) is 65.6 Å². The van der Waals surface area contributed by atoms with Crippen LogP contribution in [0, 0.1) is 6.92 Å². The predicted octanol–water partition coefficient (Wildman–Crippen LogP) is 3.60. The Balaban J connectivity index is 1.73. The fourth-order valence-corrected chi connectivity index (χ4v) is 3.83. The van der Waals surface area contributed by atoms with E-state index in [9.17, 15) is 14.4 Å². The summed E-state index contributed by atoms with van der Waals surface area (Å²) in [4.78, 5) is 44.0. The molecule has 1 amide bonds. The number of pyridine rings is 2. The lowest BCUT2D eigenvalue weighted by atomic mass is 10.0. The fraction of sp³-hybridized carbons (Fsp3) is 0.185. The van der Waals surface area contributed by atoms with Crippen molar-refractivity contribution in [1.82, 2.24) is 9.55 Å². The first-order valence-electron chi connectivity index (χ1n) is 11.1. The number of methoxy groups -OCH3 is 3. The number of aromatic nitrogens is 2. The maximum Gasteiger partial charge on any atom is 0.244 e. The molecule has 4 aromatic rings. The highest BCUT2D eigenvalue weighted by Gasteiger charge is 2.20. The van der Waals surface area contributed by atoms with Gasteiger partial charge in [-0.2, -0.15) is 0 Å². The minimum absolute atomic E-state index is 0.0691. The van der Waals surface area contributed by atoms with Crippen LogP contribution in [0.25, 0.3) is 11.0 Å². The molecule has 0 saturated heterocycles. The van der Waals surface area contributed by atoms with Crippen molar-refractivity contribution in [3.8, 4) is 17.2 Å². The second kappa shape index (κ2) is 10.3. The van der Waals surface area contributed by atoms with Crippen LogP contribution in [0.1, 0.15) is 21.6 Å². The third-order valence-electron chi connectivity index (χ3n) is 5.62. The molecule has 0 atom stereocenters. The number of hydrogen-bond acceptors (Lipinski definition) is 7. The summed E-state index contributed by atoms with van der Waals surface area (Å²) in [5.41, 5.74) is 1.25. The van der Waals surface area contributed by atoms with E-state index in [-0.39, 0.29) is 23.4 Å². The Hall–Kier alpha value is -4.66. The molecule has 0 radical (unpaired) electrons. The van der Waals surface area contributed by atoms with Crippen molar-refractivity contribution in [2.75, 3.05) is 26.6 Å². The minimum atomic E-state index is -0.476. The Kier molecular flexibility index (Phi) is 7.00. The van der Waals surface area contributed by atoms with Crippen LogP contribution in [0.5, 0.6) is 17.2 Å². The smallest absolute Gasteiger partial charge is 0.244 e. The van der Waals surface area contributed by atoms with E-state index < -0.39 is 11.2 Å². The molecule has 0 aliphatic carbocycles. The lowest BCUT2D eigenvalue weighted by Crippen LogP contribution is -2.25. The van der Waals surface area contributed by atoms with Gasteiger partial charge in [0.25, 0.3) is 0 Å². The molecule has 0 bridgehead atoms. The maximum atomic E-state index is 13.3. The summed E-state index contributed by atoms with van der Waals surface area (Å²) in [6.07, 6.45) is 1.38. The van der Waals surface area contributed by atoms with Gasteiger partial charge in [-0.25, -0.2) is 4.98 Å². The van der Waals surface area contributed by atoms with Crippen LogP contribution in [0.3, 0.4) is 0 Å². The molecule has 36 heavy (non-hydrogen) atoms. The number of benzene rings is 2. The molecule has 0 unspecified atom stereocenters. The normalized spacial score (nSPS) is 10.7. The SMILES string of the molecule is COc1cccc(C(=O)c2cn(CC(=O)Nc3ccc(OC)c(OC)c3)c3nc(C)ccc3c2=O)c1. The second-order valence-electron chi connectivity index (χ2n) is 8.00. The van der Waals surface area contributed by atoms with Crippen molar-refractivity contribution in [2.24, 2.45) is 0 Å². The summed E-state index contributed by atoms with van der Waals surface area (Å²) < 4.78 is 17.2. The zero-order valence-electron chi connectivity index (χ0n) is 20.3. The minimum Gasteiger partial charge on any atom is -0.497 e. The van der Waals surface area contributed by atoms with Crippen molar-refractivity contribution in [3.63, 3.8) is 0 Å². The summed E-state index contributed by atoms with van der Waals surface area (Å²) in [5, 5.41) is 3.05. The van der Waals surface area contributed by atoms with Crippen molar-refractivity contribution < 1.29 is 23.8 Å². The maximum absolute atomic E-state index is 13.3. The monoisotopic (exact) mass is 487 g/mol. The largest absolute Gasteiger partial charge is 0.497 e. The number of ketones is 1. The first-order valence-corrected chi connectivity index (χ1v) is 11.1. The van der Waals surface area contributed by atoms with E-state index in [1.165, 1.54) is 32.1 Å². The molecular formula is C27H25N3O6. The van der Waals surface area contributed by atoms with Crippen LogP contribution in [-0.2, 0) is 11.3 Å². The average Bonchev–Trinajstić information content (AvgIpc) is 2.89. The summed E-state index contributed by atoms with van der Waals surface area (Å²) in [5.74, 6) is 0.633. The Morgan fingerprint density at radius 3 is 2.44 bits per heavy atom. The van der Waals surface area contributed by atoms with Gasteiger partial charge in [0.15, 0.2) is 17.3 Å². The highest BCUT2D eigenvalue weighted by Crippen LogP contribution is 2.29. The fourth-order valence-electron chi connectivity index (χ4n) is 3.83. The van der Waals surface area contributed by atoms with Gasteiger partial charge in [-0.15, -0.1) is 0 Å². The van der Waals surface area contributed by atoms with Gasteiger partial charge >= 0.3 is 0 Å². The molecule has 9 heteroatoms. The van der Waals surface area contributed by atoms with Gasteiger partial charge in [-0.1, -0.05) is 12.1 Å². The number of nitrogens with one attached hydrogen (secondary N) is 1. The molecule has 0 saturated carbocycles. The molecular weight excluding hydrogens is 462 g/mol. The lowest BCUT2D eigenvalue weighted by molar-refractivity contribution is -0.116. The number of hydrogen-bond donors (Lipinski definition) is 1. The first-order chi connectivity index (χ1) is 17.3. The number of rotatable bonds is 8. The molecule has 0 spiro atoms. The number of anilines is 1. The quantitative estimate of drug-likeness (QED) is 0.378. The van der Waals surface area contributed by atoms with E-state index in [4.69, 9.17) is 14.2 Å². The standard InChI is InChI=1S/C27H25N3O6/c1-16-8-10-20-26(33)21(25(32)17-6-5-7-19(12-17)34-2)14-30(27(20)28-16)15-24(31)29-18-9-11-22(35-3)23(13-18)36-4/h5-14H,15H2,1-4H3,(H,29,31). The van der Waals surface area contributed by atoms with Crippen molar-refractivity contribution in [1.29, 1.82) is 0 Å². The highest BCUT2D eigenvalue weighted by atomic mass is 16.5.